The second kappa shape index (κ2) is 7.35. The average molecular weight is 348 g/mol. The van der Waals surface area contributed by atoms with Crippen LogP contribution in [0.2, 0.25) is 0 Å². The molecule has 0 fully saturated rings. The number of methoxy groups -OCH3 is 1. The fourth-order valence-electron chi connectivity index (χ4n) is 2.37. The van der Waals surface area contributed by atoms with E-state index in [4.69, 9.17) is 4.74 Å². The third-order valence-electron chi connectivity index (χ3n) is 3.28. The molecule has 24 heavy (non-hydrogen) atoms. The maximum atomic E-state index is 12.3. The third kappa shape index (κ3) is 4.05. The number of carbonyl (C=O) groups excluding carboxylic acids is 1. The van der Waals surface area contributed by atoms with Crippen LogP contribution in [0.3, 0.4) is 0 Å². The fourth-order valence-corrected chi connectivity index (χ4v) is 3.36. The highest BCUT2D eigenvalue weighted by molar-refractivity contribution is 7.92. The lowest BCUT2D eigenvalue weighted by molar-refractivity contribution is 0.0601. The second-order valence-electron chi connectivity index (χ2n) is 5.15. The highest BCUT2D eigenvalue weighted by atomic mass is 32.2. The quantitative estimate of drug-likeness (QED) is 0.812. The van der Waals surface area contributed by atoms with Gasteiger partial charge in [0.2, 0.25) is 10.0 Å². The summed E-state index contributed by atoms with van der Waals surface area (Å²) in [6.45, 7) is 2.55. The van der Waals surface area contributed by atoms with Crippen molar-refractivity contribution < 1.29 is 17.9 Å². The number of hydrogen-bond donors (Lipinski definition) is 1. The lowest BCUT2D eigenvalue weighted by atomic mass is 10.1. The van der Waals surface area contributed by atoms with Gasteiger partial charge in [-0.15, -0.1) is 0 Å². The predicted molar refractivity (Wildman–Crippen MR) is 95.4 cm³/mol. The van der Waals surface area contributed by atoms with Crippen molar-refractivity contribution in [3.8, 4) is 0 Å². The van der Waals surface area contributed by atoms with Crippen molar-refractivity contribution in [3.05, 3.63) is 54.1 Å². The zero-order valence-corrected chi connectivity index (χ0v) is 14.6. The maximum Gasteiger partial charge on any atom is 0.337 e. The summed E-state index contributed by atoms with van der Waals surface area (Å²) in [6, 6.07) is 13.5. The number of rotatable bonds is 6. The van der Waals surface area contributed by atoms with Gasteiger partial charge in [-0.1, -0.05) is 18.2 Å². The van der Waals surface area contributed by atoms with Gasteiger partial charge in [-0.3, -0.25) is 0 Å². The molecule has 2 aromatic rings. The number of anilines is 3. The minimum Gasteiger partial charge on any atom is -0.465 e. The highest BCUT2D eigenvalue weighted by Crippen LogP contribution is 2.31. The van der Waals surface area contributed by atoms with Crippen LogP contribution in [0, 0.1) is 0 Å². The molecule has 1 N–H and O–H groups in total. The minimum absolute atomic E-state index is 0.274. The monoisotopic (exact) mass is 348 g/mol. The molecule has 0 heterocycles. The van der Waals surface area contributed by atoms with Gasteiger partial charge in [0.25, 0.3) is 0 Å². The molecule has 0 aliphatic carbocycles. The van der Waals surface area contributed by atoms with Crippen LogP contribution in [0.25, 0.3) is 0 Å². The Morgan fingerprint density at radius 2 is 1.79 bits per heavy atom. The maximum absolute atomic E-state index is 12.3. The number of esters is 1. The van der Waals surface area contributed by atoms with Crippen molar-refractivity contribution in [2.24, 2.45) is 0 Å². The first kappa shape index (κ1) is 17.8. The van der Waals surface area contributed by atoms with Gasteiger partial charge in [-0.05, 0) is 37.3 Å². The van der Waals surface area contributed by atoms with E-state index in [1.807, 2.05) is 6.92 Å². The van der Waals surface area contributed by atoms with Gasteiger partial charge < -0.3 is 10.1 Å². The Balaban J connectivity index is 2.65. The van der Waals surface area contributed by atoms with Crippen LogP contribution in [0.4, 0.5) is 17.1 Å². The molecule has 0 amide bonds. The van der Waals surface area contributed by atoms with Gasteiger partial charge in [-0.25, -0.2) is 17.5 Å². The first-order chi connectivity index (χ1) is 11.4. The van der Waals surface area contributed by atoms with Crippen molar-refractivity contribution in [2.45, 2.75) is 6.92 Å². The van der Waals surface area contributed by atoms with Gasteiger partial charge in [0.1, 0.15) is 0 Å². The molecule has 0 bridgehead atoms. The predicted octanol–water partition coefficient (Wildman–Crippen LogP) is 3.00. The number of benzene rings is 2. The molecule has 0 radical (unpaired) electrons. The zero-order chi connectivity index (χ0) is 17.7. The van der Waals surface area contributed by atoms with Gasteiger partial charge in [0, 0.05) is 12.2 Å². The van der Waals surface area contributed by atoms with Crippen LogP contribution in [-0.2, 0) is 14.8 Å². The van der Waals surface area contributed by atoms with Crippen LogP contribution in [0.5, 0.6) is 0 Å². The Morgan fingerprint density at radius 1 is 1.12 bits per heavy atom. The van der Waals surface area contributed by atoms with E-state index in [0.717, 1.165) is 6.26 Å². The summed E-state index contributed by atoms with van der Waals surface area (Å²) in [5, 5.41) is 3.10. The molecular formula is C17H20N2O4S. The van der Waals surface area contributed by atoms with Crippen LogP contribution in [0.1, 0.15) is 17.3 Å². The molecule has 0 saturated carbocycles. The van der Waals surface area contributed by atoms with Crippen LogP contribution >= 0.6 is 0 Å². The number of hydrogen-bond acceptors (Lipinski definition) is 5. The second-order valence-corrected chi connectivity index (χ2v) is 6.98. The van der Waals surface area contributed by atoms with E-state index in [0.29, 0.717) is 23.6 Å². The van der Waals surface area contributed by atoms with E-state index in [1.54, 1.807) is 42.5 Å². The number of nitrogens with zero attached hydrogens (tertiary/aromatic N) is 1. The van der Waals surface area contributed by atoms with Crippen molar-refractivity contribution in [1.82, 2.24) is 0 Å². The van der Waals surface area contributed by atoms with Crippen LogP contribution in [0.15, 0.2) is 48.5 Å². The molecule has 0 aromatic heterocycles. The summed E-state index contributed by atoms with van der Waals surface area (Å²) < 4.78 is 30.6. The van der Waals surface area contributed by atoms with E-state index in [9.17, 15) is 13.2 Å². The third-order valence-corrected chi connectivity index (χ3v) is 4.36. The van der Waals surface area contributed by atoms with Gasteiger partial charge >= 0.3 is 5.97 Å². The molecule has 2 rings (SSSR count). The molecule has 128 valence electrons. The van der Waals surface area contributed by atoms with E-state index in [1.165, 1.54) is 17.5 Å². The smallest absolute Gasteiger partial charge is 0.337 e. The Labute approximate surface area is 142 Å². The molecule has 0 aliphatic heterocycles. The summed E-state index contributed by atoms with van der Waals surface area (Å²) in [5.74, 6) is -0.530. The first-order valence-corrected chi connectivity index (χ1v) is 9.24. The molecule has 0 unspecified atom stereocenters. The Bertz CT molecular complexity index is 820. The number of carbonyl (C=O) groups is 1. The molecule has 0 saturated heterocycles. The lowest BCUT2D eigenvalue weighted by Gasteiger charge is -2.23. The number of nitrogens with one attached hydrogen (secondary N) is 1. The van der Waals surface area contributed by atoms with Crippen LogP contribution in [-0.4, -0.2) is 34.3 Å². The van der Waals surface area contributed by atoms with Gasteiger partial charge in [0.05, 0.1) is 30.3 Å². The Hall–Kier alpha value is -2.54. The molecule has 6 nitrogen and oxygen atoms in total. The standard InChI is InChI=1S/C17H20N2O4S/c1-4-18-14-10-13(17(20)23-2)11-16(12-14)19(24(3,21)22)15-8-6-5-7-9-15/h5-12,18H,4H2,1-3H3. The number of ether oxygens (including phenoxy) is 1. The van der Waals surface area contributed by atoms with Crippen molar-refractivity contribution in [3.63, 3.8) is 0 Å². The minimum atomic E-state index is -3.60. The molecule has 0 aliphatic rings. The fraction of sp³-hybridized carbons (Fsp3) is 0.235. The Kier molecular flexibility index (Phi) is 5.46. The molecule has 0 spiro atoms. The largest absolute Gasteiger partial charge is 0.465 e. The number of sulfonamides is 1. The van der Waals surface area contributed by atoms with Crippen molar-refractivity contribution in [1.29, 1.82) is 0 Å². The first-order valence-electron chi connectivity index (χ1n) is 7.39. The number of para-hydroxylation sites is 1. The molecule has 0 atom stereocenters. The van der Waals surface area contributed by atoms with Gasteiger partial charge in [-0.2, -0.15) is 0 Å². The zero-order valence-electron chi connectivity index (χ0n) is 13.8. The van der Waals surface area contributed by atoms with Crippen LogP contribution < -0.4 is 9.62 Å². The topological polar surface area (TPSA) is 75.7 Å². The summed E-state index contributed by atoms with van der Waals surface area (Å²) >= 11 is 0. The van der Waals surface area contributed by atoms with Gasteiger partial charge in [0.15, 0.2) is 0 Å². The average Bonchev–Trinajstić information content (AvgIpc) is 2.54. The lowest BCUT2D eigenvalue weighted by Crippen LogP contribution is -2.25. The van der Waals surface area contributed by atoms with E-state index < -0.39 is 16.0 Å². The molecule has 2 aromatic carbocycles. The Morgan fingerprint density at radius 3 is 2.33 bits per heavy atom. The SMILES string of the molecule is CCNc1cc(C(=O)OC)cc(N(c2ccccc2)S(C)(=O)=O)c1. The van der Waals surface area contributed by atoms with E-state index in [-0.39, 0.29) is 5.56 Å². The molecular weight excluding hydrogens is 328 g/mol. The highest BCUT2D eigenvalue weighted by Gasteiger charge is 2.22. The summed E-state index contributed by atoms with van der Waals surface area (Å²) in [7, 11) is -2.31. The van der Waals surface area contributed by atoms with Crippen molar-refractivity contribution >= 4 is 33.1 Å². The van der Waals surface area contributed by atoms with E-state index in [2.05, 4.69) is 5.32 Å². The summed E-state index contributed by atoms with van der Waals surface area (Å²) in [4.78, 5) is 11.9. The van der Waals surface area contributed by atoms with E-state index >= 15 is 0 Å². The summed E-state index contributed by atoms with van der Waals surface area (Å²) in [5.41, 5.74) is 1.77. The van der Waals surface area contributed by atoms with Crippen molar-refractivity contribution in [2.75, 3.05) is 29.5 Å². The molecule has 7 heteroatoms. The normalized spacial score (nSPS) is 11.0. The summed E-state index contributed by atoms with van der Waals surface area (Å²) in [6.07, 6.45) is 1.12.